The standard InChI is InChI=1S/C10H9ClF2O/c1-2-8(14)9-6(10(12)13)4-3-5-7(9)11/h3-5,10H,2H2,1H3. The molecule has 0 aromatic heterocycles. The van der Waals surface area contributed by atoms with E-state index in [1.165, 1.54) is 18.2 Å². The molecule has 14 heavy (non-hydrogen) atoms. The predicted octanol–water partition coefficient (Wildman–Crippen LogP) is 3.87. The molecule has 0 bridgehead atoms. The molecule has 0 atom stereocenters. The molecule has 0 heterocycles. The van der Waals surface area contributed by atoms with Gasteiger partial charge >= 0.3 is 0 Å². The number of carbonyl (C=O) groups is 1. The minimum Gasteiger partial charge on any atom is -0.294 e. The van der Waals surface area contributed by atoms with E-state index in [9.17, 15) is 13.6 Å². The Balaban J connectivity index is 3.29. The second-order valence-electron chi connectivity index (χ2n) is 2.78. The van der Waals surface area contributed by atoms with E-state index < -0.39 is 6.43 Å². The number of carbonyl (C=O) groups excluding carboxylic acids is 1. The molecule has 0 unspecified atom stereocenters. The van der Waals surface area contributed by atoms with Crippen LogP contribution in [0.4, 0.5) is 8.78 Å². The van der Waals surface area contributed by atoms with Gasteiger partial charge in [-0.2, -0.15) is 0 Å². The van der Waals surface area contributed by atoms with Crippen LogP contribution < -0.4 is 0 Å². The number of benzene rings is 1. The van der Waals surface area contributed by atoms with Crippen molar-refractivity contribution in [3.63, 3.8) is 0 Å². The van der Waals surface area contributed by atoms with Crippen LogP contribution >= 0.6 is 11.6 Å². The molecule has 0 saturated carbocycles. The van der Waals surface area contributed by atoms with Crippen LogP contribution in [0.3, 0.4) is 0 Å². The van der Waals surface area contributed by atoms with Crippen molar-refractivity contribution >= 4 is 17.4 Å². The Morgan fingerprint density at radius 3 is 2.64 bits per heavy atom. The molecule has 0 radical (unpaired) electrons. The van der Waals surface area contributed by atoms with Crippen molar-refractivity contribution in [1.82, 2.24) is 0 Å². The van der Waals surface area contributed by atoms with Gasteiger partial charge in [0, 0.05) is 17.5 Å². The first-order valence-corrected chi connectivity index (χ1v) is 4.55. The van der Waals surface area contributed by atoms with Crippen molar-refractivity contribution in [1.29, 1.82) is 0 Å². The fourth-order valence-electron chi connectivity index (χ4n) is 1.19. The molecule has 0 amide bonds. The average Bonchev–Trinajstić information content (AvgIpc) is 2.16. The van der Waals surface area contributed by atoms with Crippen LogP contribution in [0.1, 0.15) is 35.7 Å². The van der Waals surface area contributed by atoms with Crippen molar-refractivity contribution < 1.29 is 13.6 Å². The normalized spacial score (nSPS) is 10.6. The van der Waals surface area contributed by atoms with Gasteiger partial charge in [-0.1, -0.05) is 30.7 Å². The highest BCUT2D eigenvalue weighted by molar-refractivity contribution is 6.34. The van der Waals surface area contributed by atoms with Gasteiger partial charge in [0.2, 0.25) is 0 Å². The molecular weight excluding hydrogens is 210 g/mol. The number of ketones is 1. The molecular formula is C10H9ClF2O. The van der Waals surface area contributed by atoms with Gasteiger partial charge in [0.05, 0.1) is 5.02 Å². The second-order valence-corrected chi connectivity index (χ2v) is 3.19. The fourth-order valence-corrected chi connectivity index (χ4v) is 1.48. The van der Waals surface area contributed by atoms with Gasteiger partial charge in [0.1, 0.15) is 0 Å². The van der Waals surface area contributed by atoms with Crippen molar-refractivity contribution in [3.05, 3.63) is 34.3 Å². The van der Waals surface area contributed by atoms with Gasteiger partial charge in [0.15, 0.2) is 5.78 Å². The molecule has 76 valence electrons. The van der Waals surface area contributed by atoms with Crippen LogP contribution in [0.25, 0.3) is 0 Å². The van der Waals surface area contributed by atoms with Crippen LogP contribution in [-0.4, -0.2) is 5.78 Å². The summed E-state index contributed by atoms with van der Waals surface area (Å²) in [6.07, 6.45) is -2.50. The zero-order valence-corrected chi connectivity index (χ0v) is 8.31. The lowest BCUT2D eigenvalue weighted by molar-refractivity contribution is 0.0974. The van der Waals surface area contributed by atoms with Crippen molar-refractivity contribution in [3.8, 4) is 0 Å². The molecule has 1 nitrogen and oxygen atoms in total. The van der Waals surface area contributed by atoms with E-state index >= 15 is 0 Å². The Bertz CT molecular complexity index is 350. The first-order valence-electron chi connectivity index (χ1n) is 4.17. The monoisotopic (exact) mass is 218 g/mol. The average molecular weight is 219 g/mol. The molecule has 1 aromatic carbocycles. The maximum absolute atomic E-state index is 12.5. The molecule has 0 spiro atoms. The summed E-state index contributed by atoms with van der Waals surface area (Å²) < 4.78 is 25.0. The Hall–Kier alpha value is -0.960. The summed E-state index contributed by atoms with van der Waals surface area (Å²) in [5, 5.41) is 0.0923. The number of Topliss-reactive ketones (excluding diaryl/α,β-unsaturated/α-hetero) is 1. The third-order valence-electron chi connectivity index (χ3n) is 1.88. The van der Waals surface area contributed by atoms with E-state index in [1.807, 2.05) is 0 Å². The predicted molar refractivity (Wildman–Crippen MR) is 51.0 cm³/mol. The highest BCUT2D eigenvalue weighted by Crippen LogP contribution is 2.29. The molecule has 0 aliphatic heterocycles. The molecule has 0 fully saturated rings. The van der Waals surface area contributed by atoms with Gasteiger partial charge in [-0.15, -0.1) is 0 Å². The quantitative estimate of drug-likeness (QED) is 0.704. The van der Waals surface area contributed by atoms with E-state index in [0.29, 0.717) is 0 Å². The number of hydrogen-bond donors (Lipinski definition) is 0. The highest BCUT2D eigenvalue weighted by atomic mass is 35.5. The van der Waals surface area contributed by atoms with Crippen LogP contribution in [0.5, 0.6) is 0 Å². The number of halogens is 3. The summed E-state index contributed by atoms with van der Waals surface area (Å²) in [5.74, 6) is -0.356. The molecule has 0 aliphatic carbocycles. The molecule has 0 aliphatic rings. The van der Waals surface area contributed by atoms with Crippen LogP contribution in [0, 0.1) is 0 Å². The van der Waals surface area contributed by atoms with Crippen LogP contribution in [-0.2, 0) is 0 Å². The maximum Gasteiger partial charge on any atom is 0.264 e. The van der Waals surface area contributed by atoms with E-state index in [1.54, 1.807) is 6.92 Å². The summed E-state index contributed by atoms with van der Waals surface area (Å²) in [7, 11) is 0. The summed E-state index contributed by atoms with van der Waals surface area (Å²) in [4.78, 5) is 11.3. The van der Waals surface area contributed by atoms with Crippen molar-refractivity contribution in [2.45, 2.75) is 19.8 Å². The first-order chi connectivity index (χ1) is 6.57. The zero-order chi connectivity index (χ0) is 10.7. The number of rotatable bonds is 3. The lowest BCUT2D eigenvalue weighted by atomic mass is 10.0. The lowest BCUT2D eigenvalue weighted by Gasteiger charge is -2.08. The smallest absolute Gasteiger partial charge is 0.264 e. The highest BCUT2D eigenvalue weighted by Gasteiger charge is 2.19. The van der Waals surface area contributed by atoms with E-state index in [4.69, 9.17) is 11.6 Å². The molecule has 4 heteroatoms. The van der Waals surface area contributed by atoms with Gasteiger partial charge in [-0.3, -0.25) is 4.79 Å². The lowest BCUT2D eigenvalue weighted by Crippen LogP contribution is -2.03. The SMILES string of the molecule is CCC(=O)c1c(Cl)cccc1C(F)F. The minimum absolute atomic E-state index is 0.0494. The minimum atomic E-state index is -2.67. The topological polar surface area (TPSA) is 17.1 Å². The molecule has 1 aromatic rings. The zero-order valence-electron chi connectivity index (χ0n) is 7.56. The number of alkyl halides is 2. The molecule has 0 N–H and O–H groups in total. The van der Waals surface area contributed by atoms with Gasteiger partial charge in [-0.05, 0) is 6.07 Å². The summed E-state index contributed by atoms with van der Waals surface area (Å²) in [6, 6.07) is 4.08. The largest absolute Gasteiger partial charge is 0.294 e. The Morgan fingerprint density at radius 2 is 2.14 bits per heavy atom. The van der Waals surface area contributed by atoms with E-state index in [2.05, 4.69) is 0 Å². The van der Waals surface area contributed by atoms with E-state index in [0.717, 1.165) is 0 Å². The first kappa shape index (κ1) is 11.1. The third kappa shape index (κ3) is 2.10. The Labute approximate surface area is 85.7 Å². The van der Waals surface area contributed by atoms with Crippen molar-refractivity contribution in [2.75, 3.05) is 0 Å². The van der Waals surface area contributed by atoms with Crippen molar-refractivity contribution in [2.24, 2.45) is 0 Å². The maximum atomic E-state index is 12.5. The summed E-state index contributed by atoms with van der Waals surface area (Å²) in [6.45, 7) is 1.61. The number of hydrogen-bond acceptors (Lipinski definition) is 1. The molecule has 1 rings (SSSR count). The van der Waals surface area contributed by atoms with Gasteiger partial charge < -0.3 is 0 Å². The summed E-state index contributed by atoms with van der Waals surface area (Å²) >= 11 is 5.69. The summed E-state index contributed by atoms with van der Waals surface area (Å²) in [5.41, 5.74) is -0.337. The van der Waals surface area contributed by atoms with E-state index in [-0.39, 0.29) is 28.4 Å². The molecule has 0 saturated heterocycles. The third-order valence-corrected chi connectivity index (χ3v) is 2.20. The fraction of sp³-hybridized carbons (Fsp3) is 0.300. The van der Waals surface area contributed by atoms with Gasteiger partial charge in [0.25, 0.3) is 6.43 Å². The van der Waals surface area contributed by atoms with Crippen LogP contribution in [0.2, 0.25) is 5.02 Å². The Kier molecular flexibility index (Phi) is 3.58. The van der Waals surface area contributed by atoms with Gasteiger partial charge in [-0.25, -0.2) is 8.78 Å². The Morgan fingerprint density at radius 1 is 1.50 bits per heavy atom. The second kappa shape index (κ2) is 4.51. The van der Waals surface area contributed by atoms with Crippen LogP contribution in [0.15, 0.2) is 18.2 Å².